The van der Waals surface area contributed by atoms with E-state index in [4.69, 9.17) is 5.73 Å². The van der Waals surface area contributed by atoms with Gasteiger partial charge in [-0.2, -0.15) is 0 Å². The molecule has 0 atom stereocenters. The van der Waals surface area contributed by atoms with Gasteiger partial charge in [-0.3, -0.25) is 20.2 Å². The average molecular weight is 239 g/mol. The third-order valence-electron chi connectivity index (χ3n) is 2.50. The van der Waals surface area contributed by atoms with Gasteiger partial charge in [0.25, 0.3) is 0 Å². The molecule has 92 valence electrons. The van der Waals surface area contributed by atoms with Crippen LogP contribution in [-0.4, -0.2) is 22.9 Å². The molecule has 0 bridgehead atoms. The molecule has 0 aromatic heterocycles. The number of rotatable bonds is 5. The summed E-state index contributed by atoms with van der Waals surface area (Å²) in [6.07, 6.45) is 0. The molecule has 2 N–H and O–H groups in total. The van der Waals surface area contributed by atoms with Crippen molar-refractivity contribution in [2.75, 3.05) is 18.8 Å². The van der Waals surface area contributed by atoms with Crippen molar-refractivity contribution in [1.82, 2.24) is 0 Å². The molecule has 0 amide bonds. The highest BCUT2D eigenvalue weighted by atomic mass is 16.6. The van der Waals surface area contributed by atoms with Gasteiger partial charge in [-0.1, -0.05) is 12.1 Å². The van der Waals surface area contributed by atoms with E-state index in [1.165, 1.54) is 0 Å². The summed E-state index contributed by atoms with van der Waals surface area (Å²) < 4.78 is 0. The van der Waals surface area contributed by atoms with Gasteiger partial charge in [0.05, 0.1) is 0 Å². The topological polar surface area (TPSA) is 112 Å². The maximum Gasteiger partial charge on any atom is 0.217 e. The first-order chi connectivity index (χ1) is 7.90. The Bertz CT molecular complexity index is 431. The van der Waals surface area contributed by atoms with Crippen LogP contribution in [0.3, 0.4) is 0 Å². The molecule has 0 spiro atoms. The van der Waals surface area contributed by atoms with Crippen LogP contribution in [0.1, 0.15) is 17.0 Å². The molecular formula is C10H13N3O4. The smallest absolute Gasteiger partial charge is 0.217 e. The molecule has 7 heteroatoms. The quantitative estimate of drug-likeness (QED) is 0.471. The summed E-state index contributed by atoms with van der Waals surface area (Å²) in [5.41, 5.74) is 7.53. The Morgan fingerprint density at radius 1 is 1.24 bits per heavy atom. The van der Waals surface area contributed by atoms with Gasteiger partial charge in [-0.25, -0.2) is 0 Å². The SMILES string of the molecule is Cc1cc(C(C[N+](=O)[O-])C[N+](=O)[O-])ccc1N. The first kappa shape index (κ1) is 12.9. The van der Waals surface area contributed by atoms with Gasteiger partial charge in [-0.15, -0.1) is 0 Å². The standard InChI is InChI=1S/C10H13N3O4/c1-7-4-8(2-3-10(7)11)9(5-12(14)15)6-13(16)17/h2-4,9H,5-6,11H2,1H3. The normalized spacial score (nSPS) is 10.5. The van der Waals surface area contributed by atoms with E-state index in [9.17, 15) is 20.2 Å². The lowest BCUT2D eigenvalue weighted by Crippen LogP contribution is -2.21. The summed E-state index contributed by atoms with van der Waals surface area (Å²) in [7, 11) is 0. The van der Waals surface area contributed by atoms with Crippen LogP contribution >= 0.6 is 0 Å². The van der Waals surface area contributed by atoms with Gasteiger partial charge < -0.3 is 5.73 Å². The van der Waals surface area contributed by atoms with Crippen molar-refractivity contribution >= 4 is 5.69 Å². The Morgan fingerprint density at radius 2 is 1.76 bits per heavy atom. The number of nitro groups is 2. The van der Waals surface area contributed by atoms with Crippen molar-refractivity contribution in [3.63, 3.8) is 0 Å². The zero-order valence-corrected chi connectivity index (χ0v) is 9.33. The molecule has 0 saturated heterocycles. The number of nitrogen functional groups attached to an aromatic ring is 1. The zero-order valence-electron chi connectivity index (χ0n) is 9.33. The Balaban J connectivity index is 2.98. The summed E-state index contributed by atoms with van der Waals surface area (Å²) in [5, 5.41) is 20.9. The van der Waals surface area contributed by atoms with E-state index in [1.54, 1.807) is 25.1 Å². The molecule has 0 fully saturated rings. The lowest BCUT2D eigenvalue weighted by Gasteiger charge is -2.10. The summed E-state index contributed by atoms with van der Waals surface area (Å²) in [6, 6.07) is 4.87. The molecule has 0 saturated carbocycles. The van der Waals surface area contributed by atoms with E-state index in [-0.39, 0.29) is 0 Å². The third-order valence-corrected chi connectivity index (χ3v) is 2.50. The van der Waals surface area contributed by atoms with E-state index in [2.05, 4.69) is 0 Å². The van der Waals surface area contributed by atoms with Gasteiger partial charge in [0, 0.05) is 15.5 Å². The fourth-order valence-electron chi connectivity index (χ4n) is 1.58. The van der Waals surface area contributed by atoms with Crippen molar-refractivity contribution < 1.29 is 9.85 Å². The monoisotopic (exact) mass is 239 g/mol. The van der Waals surface area contributed by atoms with E-state index in [0.29, 0.717) is 11.3 Å². The van der Waals surface area contributed by atoms with Gasteiger partial charge in [0.1, 0.15) is 5.92 Å². The van der Waals surface area contributed by atoms with Crippen molar-refractivity contribution in [1.29, 1.82) is 0 Å². The van der Waals surface area contributed by atoms with E-state index < -0.39 is 28.9 Å². The highest BCUT2D eigenvalue weighted by molar-refractivity contribution is 5.48. The van der Waals surface area contributed by atoms with Crippen LogP contribution in [0, 0.1) is 27.2 Å². The number of nitrogens with zero attached hydrogens (tertiary/aromatic N) is 2. The number of hydrogen-bond donors (Lipinski definition) is 1. The van der Waals surface area contributed by atoms with Crippen LogP contribution in [0.2, 0.25) is 0 Å². The molecule has 0 aliphatic carbocycles. The number of hydrogen-bond acceptors (Lipinski definition) is 5. The van der Waals surface area contributed by atoms with E-state index in [1.807, 2.05) is 0 Å². The molecule has 1 aromatic carbocycles. The molecule has 7 nitrogen and oxygen atoms in total. The summed E-state index contributed by atoms with van der Waals surface area (Å²) >= 11 is 0. The highest BCUT2D eigenvalue weighted by Crippen LogP contribution is 2.21. The minimum Gasteiger partial charge on any atom is -0.399 e. The molecule has 1 aromatic rings. The van der Waals surface area contributed by atoms with Crippen LogP contribution in [0.25, 0.3) is 0 Å². The van der Waals surface area contributed by atoms with Gasteiger partial charge in [0.2, 0.25) is 13.1 Å². The van der Waals surface area contributed by atoms with Crippen LogP contribution in [0.5, 0.6) is 0 Å². The fourth-order valence-corrected chi connectivity index (χ4v) is 1.58. The molecular weight excluding hydrogens is 226 g/mol. The lowest BCUT2D eigenvalue weighted by atomic mass is 9.97. The third kappa shape index (κ3) is 3.71. The molecule has 0 unspecified atom stereocenters. The van der Waals surface area contributed by atoms with Crippen molar-refractivity contribution in [3.8, 4) is 0 Å². The summed E-state index contributed by atoms with van der Waals surface area (Å²) in [4.78, 5) is 19.9. The van der Waals surface area contributed by atoms with Crippen LogP contribution in [0.4, 0.5) is 5.69 Å². The predicted octanol–water partition coefficient (Wildman–Crippen LogP) is 1.21. The fraction of sp³-hybridized carbons (Fsp3) is 0.400. The molecule has 0 aliphatic heterocycles. The second-order valence-electron chi connectivity index (χ2n) is 3.84. The Hall–Kier alpha value is -2.18. The maximum atomic E-state index is 10.5. The van der Waals surface area contributed by atoms with E-state index in [0.717, 1.165) is 5.56 Å². The number of anilines is 1. The second-order valence-corrected chi connectivity index (χ2v) is 3.84. The predicted molar refractivity (Wildman–Crippen MR) is 62.1 cm³/mol. The Morgan fingerprint density at radius 3 is 2.18 bits per heavy atom. The van der Waals surface area contributed by atoms with Crippen molar-refractivity contribution in [3.05, 3.63) is 49.6 Å². The summed E-state index contributed by atoms with van der Waals surface area (Å²) in [5.74, 6) is -0.723. The lowest BCUT2D eigenvalue weighted by molar-refractivity contribution is -0.516. The maximum absolute atomic E-state index is 10.5. The summed E-state index contributed by atoms with van der Waals surface area (Å²) in [6.45, 7) is 0.850. The Kier molecular flexibility index (Phi) is 3.97. The molecule has 1 rings (SSSR count). The minimum absolute atomic E-state index is 0.454. The molecule has 0 radical (unpaired) electrons. The largest absolute Gasteiger partial charge is 0.399 e. The number of aryl methyl sites for hydroxylation is 1. The van der Waals surface area contributed by atoms with Gasteiger partial charge in [-0.05, 0) is 24.1 Å². The van der Waals surface area contributed by atoms with Gasteiger partial charge >= 0.3 is 0 Å². The molecule has 0 aliphatic rings. The highest BCUT2D eigenvalue weighted by Gasteiger charge is 2.23. The van der Waals surface area contributed by atoms with Crippen molar-refractivity contribution in [2.45, 2.75) is 12.8 Å². The van der Waals surface area contributed by atoms with Crippen LogP contribution in [0.15, 0.2) is 18.2 Å². The zero-order chi connectivity index (χ0) is 13.0. The van der Waals surface area contributed by atoms with E-state index >= 15 is 0 Å². The minimum atomic E-state index is -0.723. The van der Waals surface area contributed by atoms with Crippen molar-refractivity contribution in [2.24, 2.45) is 0 Å². The first-order valence-electron chi connectivity index (χ1n) is 4.99. The first-order valence-corrected chi connectivity index (χ1v) is 4.99. The van der Waals surface area contributed by atoms with Gasteiger partial charge in [0.15, 0.2) is 0 Å². The molecule has 17 heavy (non-hydrogen) atoms. The second kappa shape index (κ2) is 5.24. The number of nitrogens with two attached hydrogens (primary N) is 1. The average Bonchev–Trinajstić information content (AvgIpc) is 2.19. The van der Waals surface area contributed by atoms with Crippen LogP contribution < -0.4 is 5.73 Å². The molecule has 0 heterocycles. The Labute approximate surface area is 97.5 Å². The number of benzene rings is 1. The van der Waals surface area contributed by atoms with Crippen LogP contribution in [-0.2, 0) is 0 Å².